The molecule has 3 N–H and O–H groups in total. The van der Waals surface area contributed by atoms with E-state index in [0.29, 0.717) is 12.0 Å². The minimum atomic E-state index is -0.264. The molecule has 1 atom stereocenters. The van der Waals surface area contributed by atoms with Crippen LogP contribution in [0.2, 0.25) is 0 Å². The molecule has 0 saturated heterocycles. The molecule has 0 aliphatic rings. The maximum atomic E-state index is 11.3. The SMILES string of the molecule is CC(=O)c1ccccc1[C@H](N)CCO. The van der Waals surface area contributed by atoms with E-state index in [1.807, 2.05) is 18.2 Å². The van der Waals surface area contributed by atoms with Gasteiger partial charge in [0.05, 0.1) is 0 Å². The second kappa shape index (κ2) is 4.88. The third-order valence-electron chi connectivity index (χ3n) is 2.18. The van der Waals surface area contributed by atoms with Gasteiger partial charge in [-0.1, -0.05) is 24.3 Å². The lowest BCUT2D eigenvalue weighted by Gasteiger charge is -2.13. The average molecular weight is 193 g/mol. The summed E-state index contributed by atoms with van der Waals surface area (Å²) in [6.45, 7) is 1.55. The first-order chi connectivity index (χ1) is 6.66. The van der Waals surface area contributed by atoms with Gasteiger partial charge >= 0.3 is 0 Å². The van der Waals surface area contributed by atoms with Crippen molar-refractivity contribution in [1.29, 1.82) is 0 Å². The van der Waals surface area contributed by atoms with Crippen LogP contribution >= 0.6 is 0 Å². The van der Waals surface area contributed by atoms with Crippen molar-refractivity contribution in [3.8, 4) is 0 Å². The largest absolute Gasteiger partial charge is 0.396 e. The Morgan fingerprint density at radius 1 is 1.50 bits per heavy atom. The Kier molecular flexibility index (Phi) is 3.80. The smallest absolute Gasteiger partial charge is 0.160 e. The van der Waals surface area contributed by atoms with Crippen molar-refractivity contribution in [3.05, 3.63) is 35.4 Å². The van der Waals surface area contributed by atoms with E-state index < -0.39 is 0 Å². The molecule has 0 amide bonds. The van der Waals surface area contributed by atoms with E-state index in [4.69, 9.17) is 10.8 Å². The van der Waals surface area contributed by atoms with Crippen molar-refractivity contribution in [2.75, 3.05) is 6.61 Å². The minimum Gasteiger partial charge on any atom is -0.396 e. The molecule has 0 fully saturated rings. The first kappa shape index (κ1) is 10.9. The zero-order valence-electron chi connectivity index (χ0n) is 8.23. The molecular weight excluding hydrogens is 178 g/mol. The van der Waals surface area contributed by atoms with Crippen molar-refractivity contribution in [1.82, 2.24) is 0 Å². The predicted octanol–water partition coefficient (Wildman–Crippen LogP) is 1.27. The molecule has 0 aliphatic carbocycles. The Morgan fingerprint density at radius 3 is 2.71 bits per heavy atom. The van der Waals surface area contributed by atoms with Crippen LogP contribution in [0.25, 0.3) is 0 Å². The maximum Gasteiger partial charge on any atom is 0.160 e. The van der Waals surface area contributed by atoms with Gasteiger partial charge in [0.25, 0.3) is 0 Å². The highest BCUT2D eigenvalue weighted by molar-refractivity contribution is 5.95. The Hall–Kier alpha value is -1.19. The summed E-state index contributed by atoms with van der Waals surface area (Å²) < 4.78 is 0. The van der Waals surface area contributed by atoms with Crippen LogP contribution in [0.15, 0.2) is 24.3 Å². The summed E-state index contributed by atoms with van der Waals surface area (Å²) >= 11 is 0. The van der Waals surface area contributed by atoms with Gasteiger partial charge in [-0.25, -0.2) is 0 Å². The van der Waals surface area contributed by atoms with E-state index in [0.717, 1.165) is 5.56 Å². The lowest BCUT2D eigenvalue weighted by Crippen LogP contribution is -2.15. The van der Waals surface area contributed by atoms with Gasteiger partial charge in [0.2, 0.25) is 0 Å². The van der Waals surface area contributed by atoms with Crippen LogP contribution in [0.4, 0.5) is 0 Å². The molecule has 0 aliphatic heterocycles. The zero-order valence-corrected chi connectivity index (χ0v) is 8.23. The van der Waals surface area contributed by atoms with E-state index in [9.17, 15) is 4.79 Å². The van der Waals surface area contributed by atoms with E-state index in [2.05, 4.69) is 0 Å². The van der Waals surface area contributed by atoms with Gasteiger partial charge in [0.1, 0.15) is 0 Å². The molecular formula is C11H15NO2. The molecule has 1 rings (SSSR count). The fourth-order valence-corrected chi connectivity index (χ4v) is 1.44. The van der Waals surface area contributed by atoms with Crippen LogP contribution in [0.5, 0.6) is 0 Å². The van der Waals surface area contributed by atoms with Gasteiger partial charge in [-0.3, -0.25) is 4.79 Å². The third-order valence-corrected chi connectivity index (χ3v) is 2.18. The number of hydrogen-bond donors (Lipinski definition) is 2. The first-order valence-corrected chi connectivity index (χ1v) is 4.63. The second-order valence-corrected chi connectivity index (χ2v) is 3.26. The quantitative estimate of drug-likeness (QED) is 0.708. The Labute approximate surface area is 83.6 Å². The number of nitrogens with two attached hydrogens (primary N) is 1. The Bertz CT molecular complexity index is 323. The minimum absolute atomic E-state index is 0.00832. The Morgan fingerprint density at radius 2 is 2.14 bits per heavy atom. The van der Waals surface area contributed by atoms with E-state index in [1.165, 1.54) is 6.92 Å². The predicted molar refractivity (Wildman–Crippen MR) is 55.1 cm³/mol. The summed E-state index contributed by atoms with van der Waals surface area (Å²) in [4.78, 5) is 11.3. The zero-order chi connectivity index (χ0) is 10.6. The molecule has 76 valence electrons. The summed E-state index contributed by atoms with van der Waals surface area (Å²) in [6, 6.07) is 6.98. The molecule has 0 aromatic heterocycles. The fourth-order valence-electron chi connectivity index (χ4n) is 1.44. The van der Waals surface area contributed by atoms with Crippen LogP contribution in [0.3, 0.4) is 0 Å². The van der Waals surface area contributed by atoms with Gasteiger partial charge in [-0.15, -0.1) is 0 Å². The summed E-state index contributed by atoms with van der Waals surface area (Å²) in [5.41, 5.74) is 7.29. The molecule has 1 aromatic rings. The average Bonchev–Trinajstić information content (AvgIpc) is 2.18. The third kappa shape index (κ3) is 2.40. The monoisotopic (exact) mass is 193 g/mol. The lowest BCUT2D eigenvalue weighted by molar-refractivity contribution is 0.101. The molecule has 3 nitrogen and oxygen atoms in total. The fraction of sp³-hybridized carbons (Fsp3) is 0.364. The number of aliphatic hydroxyl groups excluding tert-OH is 1. The van der Waals surface area contributed by atoms with Crippen molar-refractivity contribution in [3.63, 3.8) is 0 Å². The molecule has 0 bridgehead atoms. The highest BCUT2D eigenvalue weighted by atomic mass is 16.3. The Balaban J connectivity index is 3.00. The first-order valence-electron chi connectivity index (χ1n) is 4.63. The van der Waals surface area contributed by atoms with E-state index in [1.54, 1.807) is 6.07 Å². The number of carbonyl (C=O) groups excluding carboxylic acids is 1. The molecule has 0 heterocycles. The second-order valence-electron chi connectivity index (χ2n) is 3.26. The van der Waals surface area contributed by atoms with Crippen LogP contribution in [-0.2, 0) is 0 Å². The van der Waals surface area contributed by atoms with Crippen molar-refractivity contribution in [2.45, 2.75) is 19.4 Å². The number of benzene rings is 1. The normalized spacial score (nSPS) is 12.5. The highest BCUT2D eigenvalue weighted by Gasteiger charge is 2.12. The van der Waals surface area contributed by atoms with Crippen molar-refractivity contribution < 1.29 is 9.90 Å². The van der Waals surface area contributed by atoms with Gasteiger partial charge in [-0.05, 0) is 18.9 Å². The number of carbonyl (C=O) groups is 1. The van der Waals surface area contributed by atoms with Crippen LogP contribution < -0.4 is 5.73 Å². The molecule has 0 radical (unpaired) electrons. The topological polar surface area (TPSA) is 63.3 Å². The summed E-state index contributed by atoms with van der Waals surface area (Å²) in [6.07, 6.45) is 0.476. The van der Waals surface area contributed by atoms with Gasteiger partial charge < -0.3 is 10.8 Å². The summed E-state index contributed by atoms with van der Waals surface area (Å²) in [7, 11) is 0. The number of ketones is 1. The summed E-state index contributed by atoms with van der Waals surface area (Å²) in [5, 5.41) is 8.76. The van der Waals surface area contributed by atoms with Gasteiger partial charge in [0.15, 0.2) is 5.78 Å². The molecule has 0 spiro atoms. The highest BCUT2D eigenvalue weighted by Crippen LogP contribution is 2.18. The van der Waals surface area contributed by atoms with Crippen LogP contribution in [0.1, 0.15) is 35.3 Å². The molecule has 3 heteroatoms. The van der Waals surface area contributed by atoms with Crippen LogP contribution in [0, 0.1) is 0 Å². The molecule has 0 unspecified atom stereocenters. The number of Topliss-reactive ketones (excluding diaryl/α,β-unsaturated/α-hetero) is 1. The number of rotatable bonds is 4. The van der Waals surface area contributed by atoms with Gasteiger partial charge in [0, 0.05) is 18.2 Å². The maximum absolute atomic E-state index is 11.3. The number of aliphatic hydroxyl groups is 1. The van der Waals surface area contributed by atoms with E-state index >= 15 is 0 Å². The number of hydrogen-bond acceptors (Lipinski definition) is 3. The van der Waals surface area contributed by atoms with Crippen molar-refractivity contribution in [2.24, 2.45) is 5.73 Å². The summed E-state index contributed by atoms with van der Waals surface area (Å²) in [5.74, 6) is 0.00832. The standard InChI is InChI=1S/C11H15NO2/c1-8(14)9-4-2-3-5-10(9)11(12)6-7-13/h2-5,11,13H,6-7,12H2,1H3/t11-/m1/s1. The van der Waals surface area contributed by atoms with Gasteiger partial charge in [-0.2, -0.15) is 0 Å². The van der Waals surface area contributed by atoms with Crippen LogP contribution in [-0.4, -0.2) is 17.5 Å². The van der Waals surface area contributed by atoms with E-state index in [-0.39, 0.29) is 18.4 Å². The molecule has 1 aromatic carbocycles. The lowest BCUT2D eigenvalue weighted by atomic mass is 9.97. The molecule has 14 heavy (non-hydrogen) atoms. The molecule has 0 saturated carbocycles. The van der Waals surface area contributed by atoms with Crippen molar-refractivity contribution >= 4 is 5.78 Å².